The molecule has 4 aromatic rings. The van der Waals surface area contributed by atoms with Gasteiger partial charge in [0.2, 0.25) is 0 Å². The highest BCUT2D eigenvalue weighted by Crippen LogP contribution is 2.23. The molecule has 0 unspecified atom stereocenters. The summed E-state index contributed by atoms with van der Waals surface area (Å²) in [7, 11) is 0. The van der Waals surface area contributed by atoms with Gasteiger partial charge >= 0.3 is 0 Å². The van der Waals surface area contributed by atoms with Crippen molar-refractivity contribution in [2.24, 2.45) is 5.73 Å². The Labute approximate surface area is 177 Å². The molecule has 0 aliphatic heterocycles. The lowest BCUT2D eigenvalue weighted by Gasteiger charge is -2.10. The molecule has 0 bridgehead atoms. The predicted molar refractivity (Wildman–Crippen MR) is 116 cm³/mol. The molecule has 7 nitrogen and oxygen atoms in total. The Kier molecular flexibility index (Phi) is 5.53. The zero-order chi connectivity index (χ0) is 21.8. The third kappa shape index (κ3) is 4.48. The number of nitrogens with zero attached hydrogens (tertiary/aromatic N) is 2. The van der Waals surface area contributed by atoms with Crippen LogP contribution >= 0.6 is 0 Å². The quantitative estimate of drug-likeness (QED) is 0.444. The van der Waals surface area contributed by atoms with E-state index in [4.69, 9.17) is 5.73 Å². The van der Waals surface area contributed by atoms with Gasteiger partial charge in [0.25, 0.3) is 11.8 Å². The summed E-state index contributed by atoms with van der Waals surface area (Å²) in [5, 5.41) is 6.71. The first-order chi connectivity index (χ1) is 15.0. The smallest absolute Gasteiger partial charge is 0.255 e. The minimum absolute atomic E-state index is 0.316. The van der Waals surface area contributed by atoms with Crippen LogP contribution in [0.1, 0.15) is 26.3 Å². The SMILES string of the molecule is NC(=O)c1cccc2c(NCc3ccc(NC(=O)c4ccc(F)cc4)cc3)ncnc12. The van der Waals surface area contributed by atoms with Gasteiger partial charge in [0.05, 0.1) is 11.1 Å². The molecule has 8 heteroatoms. The molecular formula is C23H18FN5O2. The molecule has 154 valence electrons. The highest BCUT2D eigenvalue weighted by atomic mass is 19.1. The van der Waals surface area contributed by atoms with E-state index in [1.807, 2.05) is 18.2 Å². The van der Waals surface area contributed by atoms with Crippen LogP contribution in [-0.2, 0) is 6.54 Å². The molecule has 3 aromatic carbocycles. The monoisotopic (exact) mass is 415 g/mol. The molecule has 1 aromatic heterocycles. The molecule has 0 aliphatic carbocycles. The van der Waals surface area contributed by atoms with Crippen molar-refractivity contribution in [3.8, 4) is 0 Å². The van der Waals surface area contributed by atoms with Crippen molar-refractivity contribution in [1.82, 2.24) is 9.97 Å². The maximum absolute atomic E-state index is 13.0. The number of hydrogen-bond donors (Lipinski definition) is 3. The van der Waals surface area contributed by atoms with Crippen LogP contribution in [0.4, 0.5) is 15.9 Å². The molecule has 0 aliphatic rings. The van der Waals surface area contributed by atoms with Crippen molar-refractivity contribution in [3.63, 3.8) is 0 Å². The van der Waals surface area contributed by atoms with Gasteiger partial charge in [-0.1, -0.05) is 18.2 Å². The van der Waals surface area contributed by atoms with Gasteiger partial charge in [-0.3, -0.25) is 9.59 Å². The molecule has 0 fully saturated rings. The third-order valence-corrected chi connectivity index (χ3v) is 4.71. The van der Waals surface area contributed by atoms with E-state index in [-0.39, 0.29) is 5.91 Å². The Morgan fingerprint density at radius 2 is 1.68 bits per heavy atom. The van der Waals surface area contributed by atoms with E-state index in [9.17, 15) is 14.0 Å². The Morgan fingerprint density at radius 1 is 0.935 bits per heavy atom. The van der Waals surface area contributed by atoms with Crippen LogP contribution in [-0.4, -0.2) is 21.8 Å². The van der Waals surface area contributed by atoms with Crippen molar-refractivity contribution in [2.45, 2.75) is 6.54 Å². The average Bonchev–Trinajstić information content (AvgIpc) is 2.78. The molecule has 0 saturated carbocycles. The zero-order valence-corrected chi connectivity index (χ0v) is 16.3. The standard InChI is InChI=1S/C23H18FN5O2/c24-16-8-6-15(7-9-16)23(31)29-17-10-4-14(5-11-17)12-26-22-19-3-1-2-18(21(25)30)20(19)27-13-28-22/h1-11,13H,12H2,(H2,25,30)(H,29,31)(H,26,27,28). The number of nitrogens with two attached hydrogens (primary N) is 1. The summed E-state index contributed by atoms with van der Waals surface area (Å²) in [5.41, 5.74) is 8.20. The van der Waals surface area contributed by atoms with Crippen molar-refractivity contribution >= 4 is 34.2 Å². The Bertz CT molecular complexity index is 1260. The topological polar surface area (TPSA) is 110 Å². The van der Waals surface area contributed by atoms with Crippen LogP contribution in [0.15, 0.2) is 73.1 Å². The number of amides is 2. The fourth-order valence-electron chi connectivity index (χ4n) is 3.12. The molecule has 0 atom stereocenters. The van der Waals surface area contributed by atoms with Crippen LogP contribution in [0.3, 0.4) is 0 Å². The van der Waals surface area contributed by atoms with Gasteiger partial charge in [-0.15, -0.1) is 0 Å². The minimum atomic E-state index is -0.548. The average molecular weight is 415 g/mol. The van der Waals surface area contributed by atoms with Gasteiger partial charge in [-0.2, -0.15) is 0 Å². The van der Waals surface area contributed by atoms with E-state index < -0.39 is 11.7 Å². The van der Waals surface area contributed by atoms with E-state index in [0.29, 0.717) is 40.1 Å². The van der Waals surface area contributed by atoms with Gasteiger partial charge in [-0.25, -0.2) is 14.4 Å². The molecule has 31 heavy (non-hydrogen) atoms. The number of halogens is 1. The normalized spacial score (nSPS) is 10.6. The van der Waals surface area contributed by atoms with Gasteiger partial charge in [0.1, 0.15) is 18.0 Å². The van der Waals surface area contributed by atoms with Crippen molar-refractivity contribution < 1.29 is 14.0 Å². The Morgan fingerprint density at radius 3 is 2.39 bits per heavy atom. The summed E-state index contributed by atoms with van der Waals surface area (Å²) in [6, 6.07) is 17.8. The number of aromatic nitrogens is 2. The van der Waals surface area contributed by atoms with Crippen molar-refractivity contribution in [2.75, 3.05) is 10.6 Å². The van der Waals surface area contributed by atoms with Crippen LogP contribution in [0, 0.1) is 5.82 Å². The summed E-state index contributed by atoms with van der Waals surface area (Å²) >= 11 is 0. The molecule has 4 N–H and O–H groups in total. The predicted octanol–water partition coefficient (Wildman–Crippen LogP) is 3.73. The number of primary amides is 1. The third-order valence-electron chi connectivity index (χ3n) is 4.71. The van der Waals surface area contributed by atoms with Crippen molar-refractivity contribution in [3.05, 3.63) is 95.6 Å². The van der Waals surface area contributed by atoms with Crippen LogP contribution in [0.25, 0.3) is 10.9 Å². The number of fused-ring (bicyclic) bond motifs is 1. The highest BCUT2D eigenvalue weighted by molar-refractivity contribution is 6.07. The number of hydrogen-bond acceptors (Lipinski definition) is 5. The maximum Gasteiger partial charge on any atom is 0.255 e. The molecular weight excluding hydrogens is 397 g/mol. The summed E-state index contributed by atoms with van der Waals surface area (Å²) in [4.78, 5) is 32.3. The fraction of sp³-hybridized carbons (Fsp3) is 0.0435. The fourth-order valence-corrected chi connectivity index (χ4v) is 3.12. The van der Waals surface area contributed by atoms with Crippen LogP contribution in [0.5, 0.6) is 0 Å². The van der Waals surface area contributed by atoms with E-state index in [0.717, 1.165) is 5.56 Å². The zero-order valence-electron chi connectivity index (χ0n) is 16.3. The molecule has 0 spiro atoms. The highest BCUT2D eigenvalue weighted by Gasteiger charge is 2.11. The lowest BCUT2D eigenvalue weighted by molar-refractivity contribution is 0.0998. The van der Waals surface area contributed by atoms with E-state index >= 15 is 0 Å². The molecule has 0 radical (unpaired) electrons. The van der Waals surface area contributed by atoms with Crippen LogP contribution < -0.4 is 16.4 Å². The first-order valence-electron chi connectivity index (χ1n) is 9.44. The number of para-hydroxylation sites is 1. The summed E-state index contributed by atoms with van der Waals surface area (Å²) in [6.07, 6.45) is 1.38. The largest absolute Gasteiger partial charge is 0.366 e. The lowest BCUT2D eigenvalue weighted by atomic mass is 10.1. The Hall–Kier alpha value is -4.33. The Balaban J connectivity index is 1.44. The maximum atomic E-state index is 13.0. The van der Waals surface area contributed by atoms with Gasteiger partial charge in [0.15, 0.2) is 0 Å². The second kappa shape index (κ2) is 8.58. The molecule has 0 saturated heterocycles. The van der Waals surface area contributed by atoms with Gasteiger partial charge in [-0.05, 0) is 54.1 Å². The number of anilines is 2. The molecule has 1 heterocycles. The lowest BCUT2D eigenvalue weighted by Crippen LogP contribution is -2.12. The van der Waals surface area contributed by atoms with Gasteiger partial charge in [0, 0.05) is 23.2 Å². The molecule has 2 amide bonds. The summed E-state index contributed by atoms with van der Waals surface area (Å²) in [5.74, 6) is -0.672. The van der Waals surface area contributed by atoms with E-state index in [1.54, 1.807) is 24.3 Å². The number of rotatable bonds is 6. The summed E-state index contributed by atoms with van der Waals surface area (Å²) in [6.45, 7) is 0.471. The number of carbonyl (C=O) groups excluding carboxylic acids is 2. The molecule has 4 rings (SSSR count). The first-order valence-corrected chi connectivity index (χ1v) is 9.44. The number of carbonyl (C=O) groups is 2. The minimum Gasteiger partial charge on any atom is -0.366 e. The van der Waals surface area contributed by atoms with E-state index in [1.165, 1.54) is 30.6 Å². The second-order valence-electron chi connectivity index (χ2n) is 6.80. The van der Waals surface area contributed by atoms with E-state index in [2.05, 4.69) is 20.6 Å². The first kappa shape index (κ1) is 20.0. The number of benzene rings is 3. The number of nitrogens with one attached hydrogen (secondary N) is 2. The second-order valence-corrected chi connectivity index (χ2v) is 6.80. The van der Waals surface area contributed by atoms with Crippen molar-refractivity contribution in [1.29, 1.82) is 0 Å². The van der Waals surface area contributed by atoms with Gasteiger partial charge < -0.3 is 16.4 Å². The van der Waals surface area contributed by atoms with Crippen LogP contribution in [0.2, 0.25) is 0 Å². The summed E-state index contributed by atoms with van der Waals surface area (Å²) < 4.78 is 13.0.